The molecule has 0 unspecified atom stereocenters. The molecule has 17 heavy (non-hydrogen) atoms. The molecule has 0 saturated carbocycles. The number of hydrogen-bond donors (Lipinski definition) is 1. The van der Waals surface area contributed by atoms with Crippen molar-refractivity contribution in [3.63, 3.8) is 0 Å². The Labute approximate surface area is 103 Å². The van der Waals surface area contributed by atoms with Gasteiger partial charge in [-0.1, -0.05) is 26.7 Å². The zero-order chi connectivity index (χ0) is 12.7. The highest BCUT2D eigenvalue weighted by Crippen LogP contribution is 2.21. The van der Waals surface area contributed by atoms with Gasteiger partial charge < -0.3 is 14.6 Å². The molecular formula is C13H22O4. The van der Waals surface area contributed by atoms with Crippen LogP contribution in [0, 0.1) is 0 Å². The Morgan fingerprint density at radius 2 is 2.29 bits per heavy atom. The molecule has 1 heterocycles. The van der Waals surface area contributed by atoms with E-state index < -0.39 is 18.2 Å². The average molecular weight is 242 g/mol. The monoisotopic (exact) mass is 242 g/mol. The van der Waals surface area contributed by atoms with E-state index in [9.17, 15) is 9.90 Å². The van der Waals surface area contributed by atoms with Crippen molar-refractivity contribution in [1.82, 2.24) is 0 Å². The number of aliphatic hydroxyl groups is 1. The summed E-state index contributed by atoms with van der Waals surface area (Å²) in [6.07, 6.45) is 4.33. The van der Waals surface area contributed by atoms with Crippen LogP contribution in [0.1, 0.15) is 46.0 Å². The zero-order valence-corrected chi connectivity index (χ0v) is 10.6. The van der Waals surface area contributed by atoms with Gasteiger partial charge in [0.2, 0.25) is 0 Å². The number of carbonyl (C=O) groups excluding carboxylic acids is 1. The average Bonchev–Trinajstić information content (AvgIpc) is 2.32. The van der Waals surface area contributed by atoms with E-state index >= 15 is 0 Å². The topological polar surface area (TPSA) is 55.8 Å². The van der Waals surface area contributed by atoms with E-state index in [4.69, 9.17) is 9.47 Å². The SMILES string of the molecule is CCCC[C@H](O)[C@@H]1CC(OCCC)=CC(=O)O1. The molecule has 0 saturated heterocycles. The standard InChI is InChI=1S/C13H22O4/c1-3-5-6-11(14)12-8-10(16-7-4-2)9-13(15)17-12/h9,11-12,14H,3-8H2,1-2H3/t11-,12-/m0/s1. The Morgan fingerprint density at radius 1 is 1.53 bits per heavy atom. The Hall–Kier alpha value is -1.03. The second-order valence-corrected chi connectivity index (χ2v) is 4.35. The summed E-state index contributed by atoms with van der Waals surface area (Å²) in [5.74, 6) is 0.214. The third-order valence-electron chi connectivity index (χ3n) is 2.72. The summed E-state index contributed by atoms with van der Waals surface area (Å²) < 4.78 is 10.5. The Balaban J connectivity index is 2.48. The van der Waals surface area contributed by atoms with Gasteiger partial charge in [0, 0.05) is 6.42 Å². The van der Waals surface area contributed by atoms with Crippen molar-refractivity contribution in [3.8, 4) is 0 Å². The molecule has 0 bridgehead atoms. The fourth-order valence-electron chi connectivity index (χ4n) is 1.76. The summed E-state index contributed by atoms with van der Waals surface area (Å²) >= 11 is 0. The number of unbranched alkanes of at least 4 members (excludes halogenated alkanes) is 1. The summed E-state index contributed by atoms with van der Waals surface area (Å²) in [6.45, 7) is 4.67. The number of esters is 1. The van der Waals surface area contributed by atoms with Crippen LogP contribution in [0.25, 0.3) is 0 Å². The molecule has 0 fully saturated rings. The van der Waals surface area contributed by atoms with E-state index in [1.807, 2.05) is 6.92 Å². The number of ether oxygens (including phenoxy) is 2. The first-order valence-corrected chi connectivity index (χ1v) is 6.39. The predicted octanol–water partition coefficient (Wildman–Crippen LogP) is 2.16. The Morgan fingerprint density at radius 3 is 2.94 bits per heavy atom. The predicted molar refractivity (Wildman–Crippen MR) is 64.4 cm³/mol. The molecule has 0 aromatic carbocycles. The van der Waals surface area contributed by atoms with Crippen molar-refractivity contribution in [2.45, 2.75) is 58.2 Å². The molecule has 2 atom stereocenters. The van der Waals surface area contributed by atoms with Crippen molar-refractivity contribution >= 4 is 5.97 Å². The van der Waals surface area contributed by atoms with Crippen LogP contribution in [-0.2, 0) is 14.3 Å². The number of cyclic esters (lactones) is 1. The smallest absolute Gasteiger partial charge is 0.334 e. The summed E-state index contributed by atoms with van der Waals surface area (Å²) in [5, 5.41) is 9.91. The highest BCUT2D eigenvalue weighted by Gasteiger charge is 2.28. The summed E-state index contributed by atoms with van der Waals surface area (Å²) in [5.41, 5.74) is 0. The van der Waals surface area contributed by atoms with Gasteiger partial charge in [0.25, 0.3) is 0 Å². The first-order chi connectivity index (χ1) is 8.17. The molecule has 0 spiro atoms. The molecule has 4 heteroatoms. The van der Waals surface area contributed by atoms with Gasteiger partial charge >= 0.3 is 5.97 Å². The van der Waals surface area contributed by atoms with Crippen molar-refractivity contribution in [2.24, 2.45) is 0 Å². The van der Waals surface area contributed by atoms with Crippen LogP contribution in [0.5, 0.6) is 0 Å². The molecule has 1 N–H and O–H groups in total. The summed E-state index contributed by atoms with van der Waals surface area (Å²) in [4.78, 5) is 11.3. The number of hydrogen-bond acceptors (Lipinski definition) is 4. The van der Waals surface area contributed by atoms with Crippen LogP contribution in [0.2, 0.25) is 0 Å². The maximum atomic E-state index is 11.3. The normalized spacial score (nSPS) is 21.7. The van der Waals surface area contributed by atoms with E-state index in [0.717, 1.165) is 19.3 Å². The van der Waals surface area contributed by atoms with Crippen LogP contribution in [0.15, 0.2) is 11.8 Å². The summed E-state index contributed by atoms with van der Waals surface area (Å²) in [7, 11) is 0. The van der Waals surface area contributed by atoms with Gasteiger partial charge in [-0.2, -0.15) is 0 Å². The molecule has 0 aliphatic carbocycles. The lowest BCUT2D eigenvalue weighted by Crippen LogP contribution is -2.34. The molecule has 0 radical (unpaired) electrons. The van der Waals surface area contributed by atoms with Crippen molar-refractivity contribution in [2.75, 3.05) is 6.61 Å². The van der Waals surface area contributed by atoms with Gasteiger partial charge in [-0.05, 0) is 12.8 Å². The van der Waals surface area contributed by atoms with Crippen LogP contribution in [0.3, 0.4) is 0 Å². The largest absolute Gasteiger partial charge is 0.498 e. The van der Waals surface area contributed by atoms with Crippen LogP contribution < -0.4 is 0 Å². The molecule has 0 amide bonds. The third kappa shape index (κ3) is 4.77. The molecule has 0 aromatic rings. The highest BCUT2D eigenvalue weighted by atomic mass is 16.6. The Bertz CT molecular complexity index is 273. The van der Waals surface area contributed by atoms with Gasteiger partial charge in [0.1, 0.15) is 11.9 Å². The zero-order valence-electron chi connectivity index (χ0n) is 10.6. The molecule has 1 aliphatic rings. The minimum atomic E-state index is -0.590. The quantitative estimate of drug-likeness (QED) is 0.695. The molecule has 1 rings (SSSR count). The molecule has 1 aliphatic heterocycles. The van der Waals surface area contributed by atoms with Crippen molar-refractivity contribution < 1.29 is 19.4 Å². The van der Waals surface area contributed by atoms with Crippen LogP contribution in [-0.4, -0.2) is 29.9 Å². The van der Waals surface area contributed by atoms with Crippen LogP contribution in [0.4, 0.5) is 0 Å². The molecule has 98 valence electrons. The number of rotatable bonds is 7. The van der Waals surface area contributed by atoms with Crippen molar-refractivity contribution in [3.05, 3.63) is 11.8 Å². The van der Waals surface area contributed by atoms with Gasteiger partial charge in [-0.25, -0.2) is 4.79 Å². The van der Waals surface area contributed by atoms with Crippen LogP contribution >= 0.6 is 0 Å². The second kappa shape index (κ2) is 7.33. The third-order valence-corrected chi connectivity index (χ3v) is 2.72. The van der Waals surface area contributed by atoms with Crippen molar-refractivity contribution in [1.29, 1.82) is 0 Å². The maximum absolute atomic E-state index is 11.3. The first kappa shape index (κ1) is 14.0. The van der Waals surface area contributed by atoms with Gasteiger partial charge in [0.15, 0.2) is 0 Å². The van der Waals surface area contributed by atoms with E-state index in [1.54, 1.807) is 0 Å². The highest BCUT2D eigenvalue weighted by molar-refractivity contribution is 5.83. The molecule has 4 nitrogen and oxygen atoms in total. The number of carbonyl (C=O) groups is 1. The van der Waals surface area contributed by atoms with Gasteiger partial charge in [-0.3, -0.25) is 0 Å². The fourth-order valence-corrected chi connectivity index (χ4v) is 1.76. The van der Waals surface area contributed by atoms with E-state index in [-0.39, 0.29) is 0 Å². The first-order valence-electron chi connectivity index (χ1n) is 6.39. The minimum Gasteiger partial charge on any atom is -0.498 e. The van der Waals surface area contributed by atoms with E-state index in [0.29, 0.717) is 25.2 Å². The summed E-state index contributed by atoms with van der Waals surface area (Å²) in [6, 6.07) is 0. The maximum Gasteiger partial charge on any atom is 0.334 e. The fraction of sp³-hybridized carbons (Fsp3) is 0.769. The lowest BCUT2D eigenvalue weighted by molar-refractivity contribution is -0.152. The minimum absolute atomic E-state index is 0.414. The number of aliphatic hydroxyl groups excluding tert-OH is 1. The lowest BCUT2D eigenvalue weighted by Gasteiger charge is -2.27. The molecular weight excluding hydrogens is 220 g/mol. The van der Waals surface area contributed by atoms with Gasteiger partial charge in [-0.15, -0.1) is 0 Å². The Kier molecular flexibility index (Phi) is 6.05. The molecule has 0 aromatic heterocycles. The van der Waals surface area contributed by atoms with Gasteiger partial charge in [0.05, 0.1) is 18.8 Å². The van der Waals surface area contributed by atoms with E-state index in [2.05, 4.69) is 6.92 Å². The van der Waals surface area contributed by atoms with E-state index in [1.165, 1.54) is 6.08 Å². The second-order valence-electron chi connectivity index (χ2n) is 4.35. The lowest BCUT2D eigenvalue weighted by atomic mass is 10.0.